The number of fused-ring (bicyclic) bond motifs is 1. The molecule has 3 aromatic carbocycles. The lowest BCUT2D eigenvalue weighted by molar-refractivity contribution is 0.0457. The largest absolute Gasteiger partial charge is 0.496 e. The predicted octanol–water partition coefficient (Wildman–Crippen LogP) is 5.05. The molecular weight excluding hydrogens is 436 g/mol. The lowest BCUT2D eigenvalue weighted by atomic mass is 9.96. The minimum atomic E-state index is -0.514. The van der Waals surface area contributed by atoms with Gasteiger partial charge in [0.15, 0.2) is 12.6 Å². The van der Waals surface area contributed by atoms with Crippen LogP contribution in [0.2, 0.25) is 5.02 Å². The van der Waals surface area contributed by atoms with Gasteiger partial charge in [-0.05, 0) is 25.1 Å². The van der Waals surface area contributed by atoms with Crippen molar-refractivity contribution in [3.05, 3.63) is 64.2 Å². The highest BCUT2D eigenvalue weighted by atomic mass is 35.5. The first kappa shape index (κ1) is 23.4. The van der Waals surface area contributed by atoms with E-state index in [0.717, 1.165) is 0 Å². The fraction of sp³-hybridized carbons (Fsp3) is 0.250. The van der Waals surface area contributed by atoms with Gasteiger partial charge in [-0.1, -0.05) is 29.8 Å². The number of ether oxygens (including phenoxy) is 5. The molecule has 7 nitrogen and oxygen atoms in total. The van der Waals surface area contributed by atoms with Crippen LogP contribution < -0.4 is 14.2 Å². The molecule has 0 heterocycles. The first-order valence-corrected chi connectivity index (χ1v) is 10.1. The smallest absolute Gasteiger partial charge is 0.338 e. The minimum absolute atomic E-state index is 0.124. The number of carbonyl (C=O) groups is 2. The number of hydrogen-bond acceptors (Lipinski definition) is 7. The van der Waals surface area contributed by atoms with Gasteiger partial charge >= 0.3 is 5.97 Å². The second-order valence-corrected chi connectivity index (χ2v) is 7.21. The fourth-order valence-electron chi connectivity index (χ4n) is 3.44. The number of carbonyl (C=O) groups excluding carboxylic acids is 2. The van der Waals surface area contributed by atoms with Crippen LogP contribution in [0.4, 0.5) is 0 Å². The van der Waals surface area contributed by atoms with Gasteiger partial charge in [-0.2, -0.15) is 0 Å². The van der Waals surface area contributed by atoms with Crippen molar-refractivity contribution in [2.24, 2.45) is 0 Å². The Labute approximate surface area is 190 Å². The van der Waals surface area contributed by atoms with E-state index in [9.17, 15) is 9.59 Å². The van der Waals surface area contributed by atoms with Gasteiger partial charge < -0.3 is 23.7 Å². The highest BCUT2D eigenvalue weighted by Gasteiger charge is 2.25. The summed E-state index contributed by atoms with van der Waals surface area (Å²) in [5, 5.41) is 1.32. The Bertz CT molecular complexity index is 1140. The van der Waals surface area contributed by atoms with E-state index in [1.807, 2.05) is 0 Å². The summed E-state index contributed by atoms with van der Waals surface area (Å²) in [5.41, 5.74) is 1.08. The molecule has 0 atom stereocenters. The number of Topliss-reactive ketones (excluding diaryl/α,β-unsaturated/α-hetero) is 1. The van der Waals surface area contributed by atoms with E-state index in [2.05, 4.69) is 0 Å². The fourth-order valence-corrected chi connectivity index (χ4v) is 3.71. The molecule has 0 bridgehead atoms. The molecular formula is C24H23ClO7. The van der Waals surface area contributed by atoms with Crippen LogP contribution >= 0.6 is 11.6 Å². The summed E-state index contributed by atoms with van der Waals surface area (Å²) in [6, 6.07) is 11.9. The number of benzene rings is 3. The zero-order valence-corrected chi connectivity index (χ0v) is 18.9. The van der Waals surface area contributed by atoms with Crippen LogP contribution in [-0.2, 0) is 16.1 Å². The van der Waals surface area contributed by atoms with Crippen LogP contribution in [0.1, 0.15) is 33.2 Å². The molecule has 0 unspecified atom stereocenters. The van der Waals surface area contributed by atoms with Crippen molar-refractivity contribution in [2.75, 3.05) is 28.1 Å². The highest BCUT2D eigenvalue weighted by Crippen LogP contribution is 2.47. The third kappa shape index (κ3) is 4.64. The summed E-state index contributed by atoms with van der Waals surface area (Å²) in [5.74, 6) is 0.174. The Morgan fingerprint density at radius 1 is 0.969 bits per heavy atom. The summed E-state index contributed by atoms with van der Waals surface area (Å²) in [7, 11) is 4.43. The molecule has 168 valence electrons. The first-order chi connectivity index (χ1) is 15.4. The van der Waals surface area contributed by atoms with Crippen LogP contribution in [0.25, 0.3) is 10.8 Å². The van der Waals surface area contributed by atoms with Crippen molar-refractivity contribution in [1.82, 2.24) is 0 Å². The Kier molecular flexibility index (Phi) is 7.56. The zero-order chi connectivity index (χ0) is 23.3. The molecule has 0 aromatic heterocycles. The first-order valence-electron chi connectivity index (χ1n) is 9.67. The molecule has 0 aliphatic heterocycles. The zero-order valence-electron chi connectivity index (χ0n) is 18.2. The van der Waals surface area contributed by atoms with Gasteiger partial charge in [-0.3, -0.25) is 4.79 Å². The topological polar surface area (TPSA) is 80.3 Å². The van der Waals surface area contributed by atoms with Gasteiger partial charge in [0.2, 0.25) is 0 Å². The predicted molar refractivity (Wildman–Crippen MR) is 120 cm³/mol. The quantitative estimate of drug-likeness (QED) is 0.252. The number of halogens is 1. The van der Waals surface area contributed by atoms with E-state index in [-0.39, 0.29) is 35.5 Å². The van der Waals surface area contributed by atoms with Gasteiger partial charge in [0.1, 0.15) is 23.9 Å². The van der Waals surface area contributed by atoms with Crippen LogP contribution in [0.5, 0.6) is 17.2 Å². The molecule has 0 fully saturated rings. The third-order valence-corrected chi connectivity index (χ3v) is 5.08. The normalized spacial score (nSPS) is 10.7. The average Bonchev–Trinajstić information content (AvgIpc) is 2.80. The minimum Gasteiger partial charge on any atom is -0.496 e. The molecule has 0 N–H and O–H groups in total. The third-order valence-electron chi connectivity index (χ3n) is 4.80. The van der Waals surface area contributed by atoms with Gasteiger partial charge in [-0.15, -0.1) is 0 Å². The van der Waals surface area contributed by atoms with E-state index in [1.165, 1.54) is 28.3 Å². The van der Waals surface area contributed by atoms with Crippen molar-refractivity contribution in [2.45, 2.75) is 13.5 Å². The maximum Gasteiger partial charge on any atom is 0.338 e. The van der Waals surface area contributed by atoms with Gasteiger partial charge in [0, 0.05) is 24.1 Å². The number of methoxy groups -OCH3 is 3. The number of esters is 1. The van der Waals surface area contributed by atoms with Crippen molar-refractivity contribution >= 4 is 34.1 Å². The Morgan fingerprint density at radius 2 is 1.69 bits per heavy atom. The van der Waals surface area contributed by atoms with Crippen LogP contribution in [-0.4, -0.2) is 39.9 Å². The summed E-state index contributed by atoms with van der Waals surface area (Å²) >= 11 is 6.39. The lowest BCUT2D eigenvalue weighted by Crippen LogP contribution is -2.12. The molecule has 0 spiro atoms. The molecule has 8 heteroatoms. The van der Waals surface area contributed by atoms with Crippen molar-refractivity contribution in [3.8, 4) is 17.2 Å². The Hall–Kier alpha value is -3.29. The molecule has 0 aliphatic carbocycles. The number of rotatable bonds is 9. The van der Waals surface area contributed by atoms with E-state index in [1.54, 1.807) is 42.5 Å². The second-order valence-electron chi connectivity index (χ2n) is 6.81. The Balaban J connectivity index is 2.21. The van der Waals surface area contributed by atoms with Gasteiger partial charge in [-0.25, -0.2) is 4.79 Å². The van der Waals surface area contributed by atoms with Gasteiger partial charge in [0.25, 0.3) is 0 Å². The lowest BCUT2D eigenvalue weighted by Gasteiger charge is -2.20. The van der Waals surface area contributed by atoms with Crippen LogP contribution in [0, 0.1) is 0 Å². The molecule has 0 aliphatic rings. The highest BCUT2D eigenvalue weighted by molar-refractivity contribution is 6.34. The van der Waals surface area contributed by atoms with E-state index in [4.69, 9.17) is 35.3 Å². The molecule has 0 saturated heterocycles. The monoisotopic (exact) mass is 458 g/mol. The van der Waals surface area contributed by atoms with Crippen LogP contribution in [0.3, 0.4) is 0 Å². The Morgan fingerprint density at radius 3 is 2.28 bits per heavy atom. The summed E-state index contributed by atoms with van der Waals surface area (Å²) in [6.45, 7) is 1.12. The number of ketones is 1. The van der Waals surface area contributed by atoms with Crippen LogP contribution in [0.15, 0.2) is 42.5 Å². The molecule has 3 aromatic rings. The molecule has 0 saturated carbocycles. The van der Waals surface area contributed by atoms with E-state index < -0.39 is 5.97 Å². The van der Waals surface area contributed by atoms with Crippen molar-refractivity contribution in [3.63, 3.8) is 0 Å². The SMILES string of the molecule is COCOc1c(C(C)=O)c(COC(=O)c2ccccc2)cc2c(OC)cc(Cl)c(OC)c12. The van der Waals surface area contributed by atoms with E-state index in [0.29, 0.717) is 33.4 Å². The van der Waals surface area contributed by atoms with Crippen molar-refractivity contribution < 1.29 is 33.3 Å². The average molecular weight is 459 g/mol. The second kappa shape index (κ2) is 10.3. The maximum atomic E-state index is 12.7. The summed E-state index contributed by atoms with van der Waals surface area (Å²) in [4.78, 5) is 25.1. The molecule has 32 heavy (non-hydrogen) atoms. The molecule has 3 rings (SSSR count). The van der Waals surface area contributed by atoms with Gasteiger partial charge in [0.05, 0.1) is 35.8 Å². The molecule has 0 radical (unpaired) electrons. The standard InChI is InChI=1S/C24H23ClO7/c1-14(26)20-16(12-31-24(27)15-8-6-5-7-9-15)10-17-19(29-3)11-18(25)22(30-4)21(17)23(20)32-13-28-2/h5-11H,12-13H2,1-4H3. The molecule has 0 amide bonds. The summed E-state index contributed by atoms with van der Waals surface area (Å²) in [6.07, 6.45) is 0. The summed E-state index contributed by atoms with van der Waals surface area (Å²) < 4.78 is 27.4. The van der Waals surface area contributed by atoms with E-state index >= 15 is 0 Å². The maximum absolute atomic E-state index is 12.7. The van der Waals surface area contributed by atoms with Crippen molar-refractivity contribution in [1.29, 1.82) is 0 Å². The number of hydrogen-bond donors (Lipinski definition) is 0.